The highest BCUT2D eigenvalue weighted by Gasteiger charge is 2.23. The number of carbonyl (C=O) groups excluding carboxylic acids is 2. The molecule has 0 bridgehead atoms. The zero-order valence-electron chi connectivity index (χ0n) is 17.5. The van der Waals surface area contributed by atoms with E-state index in [1.807, 2.05) is 23.1 Å². The Morgan fingerprint density at radius 3 is 2.34 bits per heavy atom. The third-order valence-corrected chi connectivity index (χ3v) is 5.51. The molecule has 5 heteroatoms. The molecular formula is C24H31N3O2. The van der Waals surface area contributed by atoms with Crippen LogP contribution in [0, 0.1) is 6.92 Å². The molecule has 154 valence electrons. The number of amides is 2. The number of rotatable bonds is 7. The summed E-state index contributed by atoms with van der Waals surface area (Å²) in [6.07, 6.45) is 1.77. The van der Waals surface area contributed by atoms with Crippen molar-refractivity contribution in [3.63, 3.8) is 0 Å². The van der Waals surface area contributed by atoms with Crippen LogP contribution in [0.15, 0.2) is 54.6 Å². The molecule has 2 aromatic carbocycles. The second kappa shape index (κ2) is 10.1. The van der Waals surface area contributed by atoms with Crippen molar-refractivity contribution in [1.29, 1.82) is 0 Å². The minimum absolute atomic E-state index is 0.0372. The van der Waals surface area contributed by atoms with E-state index in [1.54, 1.807) is 11.8 Å². The first-order valence-electron chi connectivity index (χ1n) is 10.4. The lowest BCUT2D eigenvalue weighted by Crippen LogP contribution is -2.51. The molecule has 1 saturated heterocycles. The number of anilines is 1. The molecule has 1 heterocycles. The van der Waals surface area contributed by atoms with E-state index in [1.165, 1.54) is 16.8 Å². The fourth-order valence-electron chi connectivity index (χ4n) is 3.77. The van der Waals surface area contributed by atoms with Crippen molar-refractivity contribution < 1.29 is 9.59 Å². The van der Waals surface area contributed by atoms with Crippen LogP contribution in [0.1, 0.15) is 24.5 Å². The molecule has 5 nitrogen and oxygen atoms in total. The Kier molecular flexibility index (Phi) is 7.28. The monoisotopic (exact) mass is 393 g/mol. The van der Waals surface area contributed by atoms with Gasteiger partial charge in [-0.15, -0.1) is 0 Å². The first kappa shape index (κ1) is 20.9. The molecule has 3 rings (SSSR count). The third kappa shape index (κ3) is 6.08. The standard InChI is InChI=1S/C24H31N3O2/c1-20-8-6-12-23(18-20)25-14-16-26(17-15-25)24(29)19-27(21(2)28)13-7-11-22-9-4-3-5-10-22/h3-6,8-10,12,18H,7,11,13-17,19H2,1-2H3. The van der Waals surface area contributed by atoms with E-state index in [9.17, 15) is 9.59 Å². The number of piperazine rings is 1. The SMILES string of the molecule is CC(=O)N(CCCc1ccccc1)CC(=O)N1CCN(c2cccc(C)c2)CC1. The zero-order chi connectivity index (χ0) is 20.6. The first-order valence-corrected chi connectivity index (χ1v) is 10.4. The molecule has 0 radical (unpaired) electrons. The lowest BCUT2D eigenvalue weighted by Gasteiger charge is -2.37. The molecule has 1 fully saturated rings. The van der Waals surface area contributed by atoms with Crippen molar-refractivity contribution >= 4 is 17.5 Å². The van der Waals surface area contributed by atoms with Gasteiger partial charge in [0.25, 0.3) is 0 Å². The second-order valence-corrected chi connectivity index (χ2v) is 7.74. The van der Waals surface area contributed by atoms with Crippen LogP contribution in [0.25, 0.3) is 0 Å². The van der Waals surface area contributed by atoms with E-state index in [2.05, 4.69) is 48.2 Å². The van der Waals surface area contributed by atoms with Crippen molar-refractivity contribution in [2.75, 3.05) is 44.2 Å². The highest BCUT2D eigenvalue weighted by molar-refractivity contribution is 5.84. The summed E-state index contributed by atoms with van der Waals surface area (Å²) < 4.78 is 0. The Morgan fingerprint density at radius 2 is 1.69 bits per heavy atom. The predicted octanol–water partition coefficient (Wildman–Crippen LogP) is 3.12. The maximum absolute atomic E-state index is 12.8. The van der Waals surface area contributed by atoms with E-state index in [0.29, 0.717) is 19.6 Å². The molecule has 0 N–H and O–H groups in total. The fourth-order valence-corrected chi connectivity index (χ4v) is 3.77. The van der Waals surface area contributed by atoms with Gasteiger partial charge in [0.05, 0.1) is 6.54 Å². The molecule has 2 amide bonds. The van der Waals surface area contributed by atoms with E-state index in [4.69, 9.17) is 0 Å². The van der Waals surface area contributed by atoms with E-state index < -0.39 is 0 Å². The van der Waals surface area contributed by atoms with Gasteiger partial charge in [-0.25, -0.2) is 0 Å². The van der Waals surface area contributed by atoms with E-state index in [0.717, 1.165) is 25.9 Å². The minimum atomic E-state index is -0.0372. The van der Waals surface area contributed by atoms with Gasteiger partial charge < -0.3 is 14.7 Å². The molecule has 0 aliphatic carbocycles. The van der Waals surface area contributed by atoms with Crippen LogP contribution in [0.4, 0.5) is 5.69 Å². The number of nitrogens with zero attached hydrogens (tertiary/aromatic N) is 3. The molecule has 0 atom stereocenters. The summed E-state index contributed by atoms with van der Waals surface area (Å²) in [5, 5.41) is 0. The zero-order valence-corrected chi connectivity index (χ0v) is 17.5. The summed E-state index contributed by atoms with van der Waals surface area (Å²) in [6, 6.07) is 18.7. The molecule has 0 unspecified atom stereocenters. The summed E-state index contributed by atoms with van der Waals surface area (Å²) >= 11 is 0. The van der Waals surface area contributed by atoms with Crippen LogP contribution >= 0.6 is 0 Å². The quantitative estimate of drug-likeness (QED) is 0.726. The Morgan fingerprint density at radius 1 is 0.966 bits per heavy atom. The lowest BCUT2D eigenvalue weighted by molar-refractivity contribution is -0.139. The number of benzene rings is 2. The van der Waals surface area contributed by atoms with E-state index in [-0.39, 0.29) is 18.4 Å². The van der Waals surface area contributed by atoms with Gasteiger partial charge in [-0.3, -0.25) is 9.59 Å². The van der Waals surface area contributed by atoms with E-state index >= 15 is 0 Å². The van der Waals surface area contributed by atoms with Gasteiger partial charge in [-0.1, -0.05) is 42.5 Å². The second-order valence-electron chi connectivity index (χ2n) is 7.74. The largest absolute Gasteiger partial charge is 0.368 e. The Labute approximate surface area is 173 Å². The van der Waals surface area contributed by atoms with Crippen LogP contribution in [0.2, 0.25) is 0 Å². The topological polar surface area (TPSA) is 43.9 Å². The Balaban J connectivity index is 1.47. The number of hydrogen-bond donors (Lipinski definition) is 0. The summed E-state index contributed by atoms with van der Waals surface area (Å²) in [5.74, 6) is 0.00797. The van der Waals surface area contributed by atoms with Crippen LogP contribution in [-0.4, -0.2) is 60.9 Å². The maximum atomic E-state index is 12.8. The molecule has 0 aromatic heterocycles. The first-order chi connectivity index (χ1) is 14.0. The van der Waals surface area contributed by atoms with Gasteiger partial charge in [0.15, 0.2) is 0 Å². The normalized spacial score (nSPS) is 14.0. The van der Waals surface area contributed by atoms with Gasteiger partial charge >= 0.3 is 0 Å². The van der Waals surface area contributed by atoms with Gasteiger partial charge in [0.1, 0.15) is 0 Å². The van der Waals surface area contributed by atoms with Gasteiger partial charge in [0, 0.05) is 45.3 Å². The minimum Gasteiger partial charge on any atom is -0.368 e. The van der Waals surface area contributed by atoms with Crippen molar-refractivity contribution in [2.24, 2.45) is 0 Å². The van der Waals surface area contributed by atoms with Crippen molar-refractivity contribution in [3.05, 3.63) is 65.7 Å². The lowest BCUT2D eigenvalue weighted by atomic mass is 10.1. The highest BCUT2D eigenvalue weighted by Crippen LogP contribution is 2.18. The Hall–Kier alpha value is -2.82. The number of aryl methyl sites for hydroxylation is 2. The van der Waals surface area contributed by atoms with Crippen molar-refractivity contribution in [3.8, 4) is 0 Å². The molecular weight excluding hydrogens is 362 g/mol. The molecule has 2 aromatic rings. The molecule has 29 heavy (non-hydrogen) atoms. The van der Waals surface area contributed by atoms with Gasteiger partial charge in [0.2, 0.25) is 11.8 Å². The van der Waals surface area contributed by atoms with Gasteiger partial charge in [-0.05, 0) is 43.0 Å². The summed E-state index contributed by atoms with van der Waals surface area (Å²) in [7, 11) is 0. The van der Waals surface area contributed by atoms with Crippen LogP contribution in [-0.2, 0) is 16.0 Å². The maximum Gasteiger partial charge on any atom is 0.242 e. The summed E-state index contributed by atoms with van der Waals surface area (Å²) in [5.41, 5.74) is 3.71. The highest BCUT2D eigenvalue weighted by atomic mass is 16.2. The molecule has 1 aliphatic heterocycles. The summed E-state index contributed by atoms with van der Waals surface area (Å²) in [6.45, 7) is 7.47. The van der Waals surface area contributed by atoms with Crippen LogP contribution < -0.4 is 4.90 Å². The molecule has 1 aliphatic rings. The predicted molar refractivity (Wildman–Crippen MR) is 117 cm³/mol. The Bertz CT molecular complexity index is 814. The van der Waals surface area contributed by atoms with Crippen LogP contribution in [0.3, 0.4) is 0 Å². The van der Waals surface area contributed by atoms with Crippen molar-refractivity contribution in [1.82, 2.24) is 9.80 Å². The molecule has 0 spiro atoms. The van der Waals surface area contributed by atoms with Crippen molar-refractivity contribution in [2.45, 2.75) is 26.7 Å². The number of carbonyl (C=O) groups is 2. The fraction of sp³-hybridized carbons (Fsp3) is 0.417. The third-order valence-electron chi connectivity index (χ3n) is 5.51. The van der Waals surface area contributed by atoms with Gasteiger partial charge in [-0.2, -0.15) is 0 Å². The smallest absolute Gasteiger partial charge is 0.242 e. The average molecular weight is 394 g/mol. The molecule has 0 saturated carbocycles. The average Bonchev–Trinajstić information content (AvgIpc) is 2.73. The number of hydrogen-bond acceptors (Lipinski definition) is 3. The summed E-state index contributed by atoms with van der Waals surface area (Å²) in [4.78, 5) is 30.7. The van der Waals surface area contributed by atoms with Crippen LogP contribution in [0.5, 0.6) is 0 Å².